The van der Waals surface area contributed by atoms with Crippen LogP contribution in [0.1, 0.15) is 19.3 Å². The normalized spacial score (nSPS) is 9.80. The number of rotatable bonds is 6. The molecule has 60 valence electrons. The highest BCUT2D eigenvalue weighted by Crippen LogP contribution is 1.92. The molecule has 0 aromatic rings. The van der Waals surface area contributed by atoms with Crippen LogP contribution in [0.15, 0.2) is 0 Å². The minimum absolute atomic E-state index is 1.11. The van der Waals surface area contributed by atoms with Gasteiger partial charge < -0.3 is 5.32 Å². The fourth-order valence-electron chi connectivity index (χ4n) is 0.860. The van der Waals surface area contributed by atoms with E-state index in [2.05, 4.69) is 12.0 Å². The third kappa shape index (κ3) is 7.63. The Morgan fingerprint density at radius 1 is 1.30 bits per heavy atom. The van der Waals surface area contributed by atoms with Gasteiger partial charge in [0.25, 0.3) is 0 Å². The van der Waals surface area contributed by atoms with Gasteiger partial charge in [-0.2, -0.15) is 0 Å². The first-order valence-electron chi connectivity index (χ1n) is 3.93. The van der Waals surface area contributed by atoms with Crippen molar-refractivity contribution in [2.75, 3.05) is 27.2 Å². The second kappa shape index (κ2) is 6.75. The predicted molar refractivity (Wildman–Crippen MR) is 46.0 cm³/mol. The molecule has 0 atom stereocenters. The van der Waals surface area contributed by atoms with E-state index in [9.17, 15) is 0 Å². The molecule has 0 aliphatic carbocycles. The molecule has 0 aromatic heterocycles. The first kappa shape index (κ1) is 9.63. The SMILES string of the molecule is C=[N+](C)CCCCCNC. The van der Waals surface area contributed by atoms with Crippen molar-refractivity contribution in [2.45, 2.75) is 19.3 Å². The molecule has 0 heterocycles. The minimum Gasteiger partial charge on any atom is -0.320 e. The van der Waals surface area contributed by atoms with Crippen molar-refractivity contribution in [1.29, 1.82) is 0 Å². The summed E-state index contributed by atoms with van der Waals surface area (Å²) in [4.78, 5) is 0. The zero-order chi connectivity index (χ0) is 7.82. The Morgan fingerprint density at radius 3 is 2.50 bits per heavy atom. The number of unbranched alkanes of at least 4 members (excludes halogenated alkanes) is 2. The Hall–Kier alpha value is -0.370. The topological polar surface area (TPSA) is 15.0 Å². The first-order valence-corrected chi connectivity index (χ1v) is 3.93. The quantitative estimate of drug-likeness (QED) is 0.329. The van der Waals surface area contributed by atoms with Gasteiger partial charge >= 0.3 is 0 Å². The number of hydrogen-bond donors (Lipinski definition) is 1. The molecule has 0 radical (unpaired) electrons. The molecule has 2 nitrogen and oxygen atoms in total. The Morgan fingerprint density at radius 2 is 2.00 bits per heavy atom. The lowest BCUT2D eigenvalue weighted by Crippen LogP contribution is -2.09. The Kier molecular flexibility index (Phi) is 6.50. The van der Waals surface area contributed by atoms with E-state index in [4.69, 9.17) is 0 Å². The van der Waals surface area contributed by atoms with Crippen LogP contribution >= 0.6 is 0 Å². The van der Waals surface area contributed by atoms with Crippen LogP contribution in [0.25, 0.3) is 0 Å². The number of nitrogens with one attached hydrogen (secondary N) is 1. The zero-order valence-electron chi connectivity index (χ0n) is 7.19. The van der Waals surface area contributed by atoms with Gasteiger partial charge in [0.15, 0.2) is 0 Å². The van der Waals surface area contributed by atoms with E-state index in [0.717, 1.165) is 13.1 Å². The monoisotopic (exact) mass is 143 g/mol. The maximum atomic E-state index is 3.77. The fraction of sp³-hybridized carbons (Fsp3) is 0.875. The highest BCUT2D eigenvalue weighted by atomic mass is 14.9. The van der Waals surface area contributed by atoms with Crippen molar-refractivity contribution in [3.8, 4) is 0 Å². The van der Waals surface area contributed by atoms with Crippen molar-refractivity contribution >= 4 is 6.72 Å². The van der Waals surface area contributed by atoms with Crippen molar-refractivity contribution in [1.82, 2.24) is 5.32 Å². The number of hydrogen-bond acceptors (Lipinski definition) is 1. The van der Waals surface area contributed by atoms with Gasteiger partial charge in [-0.3, -0.25) is 0 Å². The average Bonchev–Trinajstić information content (AvgIpc) is 1.87. The van der Waals surface area contributed by atoms with E-state index < -0.39 is 0 Å². The molecule has 10 heavy (non-hydrogen) atoms. The molecule has 0 fully saturated rings. The maximum absolute atomic E-state index is 3.77. The van der Waals surface area contributed by atoms with E-state index in [1.165, 1.54) is 19.3 Å². The van der Waals surface area contributed by atoms with Crippen LogP contribution in [0.2, 0.25) is 0 Å². The minimum atomic E-state index is 1.11. The summed E-state index contributed by atoms with van der Waals surface area (Å²) in [5.41, 5.74) is 0. The predicted octanol–water partition coefficient (Wildman–Crippen LogP) is 0.719. The number of nitrogens with zero attached hydrogens (tertiary/aromatic N) is 1. The lowest BCUT2D eigenvalue weighted by Gasteiger charge is -1.97. The van der Waals surface area contributed by atoms with Crippen LogP contribution in [0.3, 0.4) is 0 Å². The summed E-state index contributed by atoms with van der Waals surface area (Å²) in [6.07, 6.45) is 3.85. The molecule has 0 saturated heterocycles. The molecule has 0 spiro atoms. The molecule has 0 aliphatic rings. The van der Waals surface area contributed by atoms with Gasteiger partial charge in [-0.05, 0) is 26.4 Å². The van der Waals surface area contributed by atoms with E-state index >= 15 is 0 Å². The van der Waals surface area contributed by atoms with Crippen LogP contribution in [0.5, 0.6) is 0 Å². The molecule has 0 aromatic carbocycles. The molecule has 0 unspecified atom stereocenters. The lowest BCUT2D eigenvalue weighted by atomic mass is 10.2. The van der Waals surface area contributed by atoms with Gasteiger partial charge in [-0.1, -0.05) is 0 Å². The summed E-state index contributed by atoms with van der Waals surface area (Å²) in [7, 11) is 4.01. The molecular weight excluding hydrogens is 124 g/mol. The summed E-state index contributed by atoms with van der Waals surface area (Å²) in [6, 6.07) is 0. The molecule has 0 bridgehead atoms. The second-order valence-corrected chi connectivity index (χ2v) is 2.74. The molecule has 0 amide bonds. The molecule has 0 rings (SSSR count). The molecule has 0 aliphatic heterocycles. The lowest BCUT2D eigenvalue weighted by molar-refractivity contribution is -0.488. The standard InChI is InChI=1S/C8H19N2/c1-9-7-5-4-6-8-10(2)3/h9H,2,4-8H2,1,3H3/q+1. The highest BCUT2D eigenvalue weighted by molar-refractivity contribution is 5.13. The summed E-state index contributed by atoms with van der Waals surface area (Å²) < 4.78 is 1.99. The average molecular weight is 143 g/mol. The Balaban J connectivity index is 2.84. The Labute approximate surface area is 63.9 Å². The zero-order valence-corrected chi connectivity index (χ0v) is 7.19. The van der Waals surface area contributed by atoms with Crippen LogP contribution in [0, 0.1) is 0 Å². The summed E-state index contributed by atoms with van der Waals surface area (Å²) >= 11 is 0. The fourth-order valence-corrected chi connectivity index (χ4v) is 0.860. The second-order valence-electron chi connectivity index (χ2n) is 2.74. The van der Waals surface area contributed by atoms with Crippen molar-refractivity contribution in [3.05, 3.63) is 0 Å². The van der Waals surface area contributed by atoms with Gasteiger partial charge in [0, 0.05) is 6.42 Å². The summed E-state index contributed by atoms with van der Waals surface area (Å²) in [5, 5.41) is 3.13. The van der Waals surface area contributed by atoms with Crippen molar-refractivity contribution in [3.63, 3.8) is 0 Å². The van der Waals surface area contributed by atoms with E-state index in [1.54, 1.807) is 0 Å². The maximum Gasteiger partial charge on any atom is 0.142 e. The van der Waals surface area contributed by atoms with Crippen molar-refractivity contribution < 1.29 is 4.58 Å². The van der Waals surface area contributed by atoms with Gasteiger partial charge in [-0.25, -0.2) is 4.58 Å². The van der Waals surface area contributed by atoms with Crippen molar-refractivity contribution in [2.24, 2.45) is 0 Å². The third-order valence-corrected chi connectivity index (χ3v) is 1.47. The molecule has 1 N–H and O–H groups in total. The molecule has 0 saturated carbocycles. The summed E-state index contributed by atoms with van der Waals surface area (Å²) in [6.45, 7) is 6.03. The first-order chi connectivity index (χ1) is 4.77. The highest BCUT2D eigenvalue weighted by Gasteiger charge is 1.91. The molecular formula is C8H19N2+. The van der Waals surface area contributed by atoms with E-state index in [-0.39, 0.29) is 0 Å². The third-order valence-electron chi connectivity index (χ3n) is 1.47. The largest absolute Gasteiger partial charge is 0.320 e. The van der Waals surface area contributed by atoms with Gasteiger partial charge in [-0.15, -0.1) is 0 Å². The van der Waals surface area contributed by atoms with E-state index in [1.807, 2.05) is 18.7 Å². The molecule has 2 heteroatoms. The van der Waals surface area contributed by atoms with Crippen LogP contribution < -0.4 is 5.32 Å². The summed E-state index contributed by atoms with van der Waals surface area (Å²) in [5.74, 6) is 0. The smallest absolute Gasteiger partial charge is 0.142 e. The van der Waals surface area contributed by atoms with E-state index in [0.29, 0.717) is 0 Å². The van der Waals surface area contributed by atoms with Gasteiger partial charge in [0.05, 0.1) is 0 Å². The Bertz CT molecular complexity index is 89.3. The van der Waals surface area contributed by atoms with Crippen LogP contribution in [-0.2, 0) is 0 Å². The van der Waals surface area contributed by atoms with Crippen LogP contribution in [0.4, 0.5) is 0 Å². The van der Waals surface area contributed by atoms with Gasteiger partial charge in [0.1, 0.15) is 20.3 Å². The van der Waals surface area contributed by atoms with Crippen LogP contribution in [-0.4, -0.2) is 38.5 Å². The van der Waals surface area contributed by atoms with Gasteiger partial charge in [0.2, 0.25) is 0 Å².